The van der Waals surface area contributed by atoms with Crippen molar-refractivity contribution in [2.75, 3.05) is 19.8 Å². The normalized spacial score (nSPS) is 27.2. The Morgan fingerprint density at radius 3 is 2.14 bits per heavy atom. The zero-order valence-corrected chi connectivity index (χ0v) is 35.1. The van der Waals surface area contributed by atoms with Crippen LogP contribution in [-0.4, -0.2) is 84.8 Å². The molecule has 1 N–H and O–H groups in total. The molecule has 57 heavy (non-hydrogen) atoms. The van der Waals surface area contributed by atoms with Crippen molar-refractivity contribution >= 4 is 39.5 Å². The Bertz CT molecular complexity index is 1830. The molecule has 1 aromatic carbocycles. The lowest BCUT2D eigenvalue weighted by molar-refractivity contribution is -0.147. The number of fused-ring (bicyclic) bond motifs is 2. The summed E-state index contributed by atoms with van der Waals surface area (Å²) in [6.45, 7) is 11.3. The molecule has 1 unspecified atom stereocenters. The summed E-state index contributed by atoms with van der Waals surface area (Å²) in [5.41, 5.74) is 0.0275. The second kappa shape index (κ2) is 16.2. The molecule has 0 radical (unpaired) electrons. The molecule has 0 bridgehead atoms. The highest BCUT2D eigenvalue weighted by molar-refractivity contribution is 7.90. The summed E-state index contributed by atoms with van der Waals surface area (Å²) in [6, 6.07) is 2.79. The number of carbonyl (C=O) groups excluding carboxylic acids is 5. The van der Waals surface area contributed by atoms with Crippen molar-refractivity contribution < 1.29 is 46.6 Å². The van der Waals surface area contributed by atoms with Gasteiger partial charge >= 0.3 is 6.09 Å². The predicted octanol–water partition coefficient (Wildman–Crippen LogP) is 6.09. The molecule has 6 atom stereocenters. The lowest BCUT2D eigenvalue weighted by atomic mass is 9.72. The Hall–Kier alpha value is -3.68. The third-order valence-corrected chi connectivity index (χ3v) is 15.5. The van der Waals surface area contributed by atoms with Gasteiger partial charge < -0.3 is 19.1 Å². The van der Waals surface area contributed by atoms with Crippen LogP contribution in [0.1, 0.15) is 129 Å². The second-order valence-electron chi connectivity index (χ2n) is 18.8. The lowest BCUT2D eigenvalue weighted by Crippen LogP contribution is -2.49. The molecule has 314 valence electrons. The van der Waals surface area contributed by atoms with Gasteiger partial charge in [0.2, 0.25) is 21.8 Å². The minimum Gasteiger partial charge on any atom is -0.490 e. The summed E-state index contributed by atoms with van der Waals surface area (Å²) < 4.78 is 45.7. The number of rotatable bonds is 13. The van der Waals surface area contributed by atoms with E-state index in [1.54, 1.807) is 4.90 Å². The molecule has 3 aliphatic carbocycles. The van der Waals surface area contributed by atoms with E-state index in [0.717, 1.165) is 43.2 Å². The number of likely N-dealkylation sites (tertiary alicyclic amines) is 1. The van der Waals surface area contributed by atoms with Crippen LogP contribution in [0.5, 0.6) is 11.5 Å². The van der Waals surface area contributed by atoms with E-state index in [1.165, 1.54) is 11.3 Å². The molecule has 1 aromatic rings. The van der Waals surface area contributed by atoms with Gasteiger partial charge in [-0.2, -0.15) is 0 Å². The maximum atomic E-state index is 14.8. The molecule has 13 nitrogen and oxygen atoms in total. The van der Waals surface area contributed by atoms with E-state index in [1.807, 2.05) is 46.8 Å². The highest BCUT2D eigenvalue weighted by Gasteiger charge is 2.62. The van der Waals surface area contributed by atoms with Crippen molar-refractivity contribution in [1.82, 2.24) is 14.5 Å². The molecule has 6 aliphatic rings. The Morgan fingerprint density at radius 2 is 1.58 bits per heavy atom. The summed E-state index contributed by atoms with van der Waals surface area (Å²) in [4.78, 5) is 73.7. The van der Waals surface area contributed by atoms with Gasteiger partial charge in [-0.1, -0.05) is 60.3 Å². The Balaban J connectivity index is 1.10. The maximum Gasteiger partial charge on any atom is 0.410 e. The summed E-state index contributed by atoms with van der Waals surface area (Å²) in [5, 5.41) is -0.593. The molecule has 3 amide bonds. The van der Waals surface area contributed by atoms with E-state index in [4.69, 9.17) is 14.2 Å². The van der Waals surface area contributed by atoms with E-state index < -0.39 is 56.2 Å². The monoisotopic (exact) mass is 811 g/mol. The summed E-state index contributed by atoms with van der Waals surface area (Å²) >= 11 is 0. The highest BCUT2D eigenvalue weighted by Crippen LogP contribution is 2.58. The fourth-order valence-corrected chi connectivity index (χ4v) is 11.1. The molecule has 7 rings (SSSR count). The first kappa shape index (κ1) is 41.5. The van der Waals surface area contributed by atoms with E-state index >= 15 is 0 Å². The first-order chi connectivity index (χ1) is 27.0. The molecule has 0 spiro atoms. The molecule has 3 saturated carbocycles. The van der Waals surface area contributed by atoms with Crippen LogP contribution >= 0.6 is 0 Å². The molecule has 14 heteroatoms. The number of carbonyl (C=O) groups is 5. The van der Waals surface area contributed by atoms with Crippen LogP contribution in [0.4, 0.5) is 4.79 Å². The standard InChI is InChI=1S/C43H61N3O10S/c1-6-30-21-43(30,40(50)44-57(52,53)32-13-14-32)22-36(48)34-19-31(56-41(51)45-23-28-17-37-38(18-29(28)24-45)55-16-10-15-54-37)25-46(34)39(49)33(42(3,4)5)20-35(47)26(2)27-11-8-7-9-12-27/h17-18,26-27,30-34H,6-16,19-25H2,1-5H3,(H,44,50)/t26-,30-,31+,33+,34?,43-/m0/s1. The van der Waals surface area contributed by atoms with Crippen molar-refractivity contribution in [3.63, 3.8) is 0 Å². The van der Waals surface area contributed by atoms with Gasteiger partial charge in [0.15, 0.2) is 17.3 Å². The molecule has 1 saturated heterocycles. The van der Waals surface area contributed by atoms with Crippen molar-refractivity contribution in [3.05, 3.63) is 23.3 Å². The number of benzene rings is 1. The zero-order chi connectivity index (χ0) is 40.9. The number of hydrogen-bond acceptors (Lipinski definition) is 10. The van der Waals surface area contributed by atoms with Gasteiger partial charge in [0, 0.05) is 50.6 Å². The predicted molar refractivity (Wildman–Crippen MR) is 211 cm³/mol. The fourth-order valence-electron chi connectivity index (χ4n) is 9.69. The molecule has 3 aliphatic heterocycles. The lowest BCUT2D eigenvalue weighted by Gasteiger charge is -2.36. The molecular weight excluding hydrogens is 751 g/mol. The van der Waals surface area contributed by atoms with Crippen LogP contribution in [0, 0.1) is 34.5 Å². The summed E-state index contributed by atoms with van der Waals surface area (Å²) in [5.74, 6) is -0.874. The van der Waals surface area contributed by atoms with Crippen molar-refractivity contribution in [1.29, 1.82) is 0 Å². The van der Waals surface area contributed by atoms with Crippen molar-refractivity contribution in [2.24, 2.45) is 34.5 Å². The number of nitrogens with zero attached hydrogens (tertiary/aromatic N) is 2. The summed E-state index contributed by atoms with van der Waals surface area (Å²) in [6.07, 6.45) is 6.54. The van der Waals surface area contributed by atoms with Crippen LogP contribution in [0.2, 0.25) is 0 Å². The van der Waals surface area contributed by atoms with E-state index in [-0.39, 0.29) is 61.0 Å². The number of ketones is 2. The number of Topliss-reactive ketones (excluding diaryl/α,β-unsaturated/α-hetero) is 2. The molecule has 0 aromatic heterocycles. The Morgan fingerprint density at radius 1 is 0.947 bits per heavy atom. The smallest absolute Gasteiger partial charge is 0.410 e. The second-order valence-corrected chi connectivity index (χ2v) is 20.7. The first-order valence-corrected chi connectivity index (χ1v) is 22.8. The van der Waals surface area contributed by atoms with Gasteiger partial charge in [-0.25, -0.2) is 13.2 Å². The quantitative estimate of drug-likeness (QED) is 0.246. The minimum atomic E-state index is -3.83. The SMILES string of the molecule is CC[C@H]1C[C@@]1(CC(=O)C1C[C@@H](OC(=O)N2Cc3cc4c(cc3C2)OCCCO4)CN1C(=O)[C@@H](CC(=O)[C@@H](C)C1CCCCC1)C(C)(C)C)C(=O)NS(=O)(=O)C1CC1. The average Bonchev–Trinajstić information content (AvgIpc) is 4.08. The minimum absolute atomic E-state index is 0.0330. The van der Waals surface area contributed by atoms with Crippen molar-refractivity contribution in [2.45, 2.75) is 149 Å². The van der Waals surface area contributed by atoms with Crippen LogP contribution in [-0.2, 0) is 47.0 Å². The number of sulfonamides is 1. The molecule has 4 fully saturated rings. The number of amides is 3. The van der Waals surface area contributed by atoms with Crippen LogP contribution < -0.4 is 14.2 Å². The zero-order valence-electron chi connectivity index (χ0n) is 34.3. The Kier molecular flexibility index (Phi) is 11.8. The highest BCUT2D eigenvalue weighted by atomic mass is 32.2. The van der Waals surface area contributed by atoms with Gasteiger partial charge in [-0.3, -0.25) is 28.8 Å². The third kappa shape index (κ3) is 8.85. The molecular formula is C43H61N3O10S. The fraction of sp³-hybridized carbons (Fsp3) is 0.744. The van der Waals surface area contributed by atoms with Crippen LogP contribution in [0.25, 0.3) is 0 Å². The van der Waals surface area contributed by atoms with E-state index in [9.17, 15) is 32.4 Å². The van der Waals surface area contributed by atoms with E-state index in [2.05, 4.69) is 4.72 Å². The van der Waals surface area contributed by atoms with Gasteiger partial charge in [0.25, 0.3) is 0 Å². The van der Waals surface area contributed by atoms with Crippen molar-refractivity contribution in [3.8, 4) is 11.5 Å². The maximum absolute atomic E-state index is 14.8. The number of nitrogens with one attached hydrogen (secondary N) is 1. The summed E-state index contributed by atoms with van der Waals surface area (Å²) in [7, 11) is -3.83. The Labute approximate surface area is 337 Å². The van der Waals surface area contributed by atoms with Gasteiger partial charge in [-0.05, 0) is 72.6 Å². The van der Waals surface area contributed by atoms with E-state index in [0.29, 0.717) is 63.5 Å². The number of hydrogen-bond donors (Lipinski definition) is 1. The number of ether oxygens (including phenoxy) is 3. The van der Waals surface area contributed by atoms with Crippen LogP contribution in [0.3, 0.4) is 0 Å². The van der Waals surface area contributed by atoms with Gasteiger partial charge in [-0.15, -0.1) is 0 Å². The third-order valence-electron chi connectivity index (χ3n) is 13.7. The largest absolute Gasteiger partial charge is 0.490 e. The van der Waals surface area contributed by atoms with Gasteiger partial charge in [0.1, 0.15) is 11.9 Å². The van der Waals surface area contributed by atoms with Crippen LogP contribution in [0.15, 0.2) is 12.1 Å². The average molecular weight is 812 g/mol. The topological polar surface area (TPSA) is 166 Å². The van der Waals surface area contributed by atoms with Gasteiger partial charge in [0.05, 0.1) is 36.5 Å². The molecule has 3 heterocycles. The first-order valence-electron chi connectivity index (χ1n) is 21.3.